The maximum absolute atomic E-state index is 5.93. The smallest absolute Gasteiger partial charge is 0.134 e. The van der Waals surface area contributed by atoms with Gasteiger partial charge in [0.15, 0.2) is 0 Å². The van der Waals surface area contributed by atoms with E-state index in [0.717, 1.165) is 37.6 Å². The van der Waals surface area contributed by atoms with Crippen LogP contribution in [0.5, 0.6) is 11.5 Å². The fraction of sp³-hybridized carbons (Fsp3) is 0.143. The lowest BCUT2D eigenvalue weighted by molar-refractivity contribution is 0.356. The molecule has 0 saturated carbocycles. The molecule has 0 bridgehead atoms. The number of fused-ring (bicyclic) bond motifs is 2. The summed E-state index contributed by atoms with van der Waals surface area (Å²) in [6.45, 7) is 1.52. The minimum absolute atomic E-state index is 0.131. The SMILES string of the molecule is c1ccc([P+](c2ccccc2)(c2ccccc2)C(c2ccc3c(c2)CCO3)c2ccc3c(c2)CCO3)cc1. The zero-order valence-electron chi connectivity index (χ0n) is 21.3. The number of rotatable bonds is 6. The van der Waals surface area contributed by atoms with Gasteiger partial charge in [0.05, 0.1) is 13.2 Å². The third kappa shape index (κ3) is 3.83. The number of ether oxygens (including phenoxy) is 2. The maximum Gasteiger partial charge on any atom is 0.134 e. The van der Waals surface area contributed by atoms with Crippen LogP contribution in [0.4, 0.5) is 0 Å². The topological polar surface area (TPSA) is 18.5 Å². The van der Waals surface area contributed by atoms with Crippen molar-refractivity contribution in [2.24, 2.45) is 0 Å². The summed E-state index contributed by atoms with van der Waals surface area (Å²) in [7, 11) is -2.24. The summed E-state index contributed by atoms with van der Waals surface area (Å²) in [5.41, 5.74) is 5.44. The molecule has 0 aromatic heterocycles. The van der Waals surface area contributed by atoms with Crippen molar-refractivity contribution in [1.29, 1.82) is 0 Å². The first-order valence-electron chi connectivity index (χ1n) is 13.4. The summed E-state index contributed by atoms with van der Waals surface area (Å²) in [4.78, 5) is 0. The first-order chi connectivity index (χ1) is 18.8. The van der Waals surface area contributed by atoms with Gasteiger partial charge in [-0.2, -0.15) is 0 Å². The second-order valence-corrected chi connectivity index (χ2v) is 13.6. The molecule has 0 radical (unpaired) electrons. The number of benzene rings is 5. The van der Waals surface area contributed by atoms with Gasteiger partial charge in [0.1, 0.15) is 40.3 Å². The molecule has 0 amide bonds. The Morgan fingerprint density at radius 3 is 1.26 bits per heavy atom. The van der Waals surface area contributed by atoms with E-state index in [1.807, 2.05) is 0 Å². The van der Waals surface area contributed by atoms with Crippen molar-refractivity contribution in [1.82, 2.24) is 0 Å². The molecular weight excluding hydrogens is 483 g/mol. The standard InChI is InChI=1S/C35H30O2P/c1-4-10-30(11-5-1)38(31-12-6-2-7-13-31,32-14-8-3-9-15-32)35(28-16-18-33-26(24-28)20-22-36-33)29-17-19-34-27(25-29)21-23-37-34/h1-19,24-25,35H,20-23H2/q+1. The molecule has 0 fully saturated rings. The van der Waals surface area contributed by atoms with Gasteiger partial charge in [0.2, 0.25) is 0 Å². The number of hydrogen-bond donors (Lipinski definition) is 0. The van der Waals surface area contributed by atoms with E-state index in [-0.39, 0.29) is 5.66 Å². The summed E-state index contributed by atoms with van der Waals surface area (Å²) < 4.78 is 11.9. The zero-order chi connectivity index (χ0) is 25.4. The Labute approximate surface area is 225 Å². The van der Waals surface area contributed by atoms with E-state index in [9.17, 15) is 0 Å². The van der Waals surface area contributed by atoms with E-state index in [2.05, 4.69) is 127 Å². The van der Waals surface area contributed by atoms with Gasteiger partial charge in [0, 0.05) is 12.8 Å². The van der Waals surface area contributed by atoms with Gasteiger partial charge >= 0.3 is 0 Å². The molecule has 5 aromatic carbocycles. The van der Waals surface area contributed by atoms with Crippen LogP contribution in [0.25, 0.3) is 0 Å². The highest BCUT2D eigenvalue weighted by atomic mass is 31.2. The third-order valence-corrected chi connectivity index (χ3v) is 12.6. The Hall–Kier alpha value is -3.87. The van der Waals surface area contributed by atoms with Crippen LogP contribution in [0.1, 0.15) is 27.9 Å². The third-order valence-electron chi connectivity index (χ3n) is 7.94. The Morgan fingerprint density at radius 2 is 0.868 bits per heavy atom. The molecule has 186 valence electrons. The van der Waals surface area contributed by atoms with Crippen LogP contribution in [-0.2, 0) is 12.8 Å². The zero-order valence-corrected chi connectivity index (χ0v) is 22.2. The normalized spacial score (nSPS) is 14.0. The van der Waals surface area contributed by atoms with Crippen LogP contribution in [0.15, 0.2) is 127 Å². The molecule has 0 unspecified atom stereocenters. The van der Waals surface area contributed by atoms with Crippen molar-refractivity contribution in [3.8, 4) is 11.5 Å². The molecule has 0 aliphatic carbocycles. The minimum Gasteiger partial charge on any atom is -0.493 e. The predicted octanol–water partition coefficient (Wildman–Crippen LogP) is 6.64. The van der Waals surface area contributed by atoms with Gasteiger partial charge in [-0.15, -0.1) is 0 Å². The summed E-state index contributed by atoms with van der Waals surface area (Å²) in [6.07, 6.45) is 1.92. The largest absolute Gasteiger partial charge is 0.493 e. The minimum atomic E-state index is -2.24. The Bertz CT molecular complexity index is 1410. The second-order valence-electron chi connectivity index (χ2n) is 10.1. The highest BCUT2D eigenvalue weighted by Crippen LogP contribution is 2.69. The van der Waals surface area contributed by atoms with Crippen LogP contribution >= 0.6 is 7.26 Å². The van der Waals surface area contributed by atoms with Gasteiger partial charge in [-0.25, -0.2) is 0 Å². The quantitative estimate of drug-likeness (QED) is 0.237. The number of hydrogen-bond acceptors (Lipinski definition) is 2. The van der Waals surface area contributed by atoms with Crippen molar-refractivity contribution in [3.63, 3.8) is 0 Å². The average Bonchev–Trinajstić information content (AvgIpc) is 3.66. The van der Waals surface area contributed by atoms with Gasteiger partial charge in [-0.3, -0.25) is 0 Å². The van der Waals surface area contributed by atoms with Crippen LogP contribution in [0, 0.1) is 0 Å². The van der Waals surface area contributed by atoms with Crippen molar-refractivity contribution >= 4 is 23.2 Å². The molecule has 3 heteroatoms. The van der Waals surface area contributed by atoms with Crippen LogP contribution in [-0.4, -0.2) is 13.2 Å². The fourth-order valence-electron chi connectivity index (χ4n) is 6.28. The summed E-state index contributed by atoms with van der Waals surface area (Å²) >= 11 is 0. The first kappa shape index (κ1) is 23.3. The average molecular weight is 514 g/mol. The molecule has 38 heavy (non-hydrogen) atoms. The molecule has 0 spiro atoms. The Balaban J connectivity index is 1.59. The van der Waals surface area contributed by atoms with Gasteiger partial charge in [0.25, 0.3) is 0 Å². The molecule has 2 nitrogen and oxygen atoms in total. The van der Waals surface area contributed by atoms with Crippen LogP contribution in [0.3, 0.4) is 0 Å². The molecule has 5 aromatic rings. The second kappa shape index (κ2) is 9.78. The summed E-state index contributed by atoms with van der Waals surface area (Å²) in [5, 5.41) is 4.16. The maximum atomic E-state index is 5.93. The van der Waals surface area contributed by atoms with Crippen molar-refractivity contribution in [3.05, 3.63) is 150 Å². The molecular formula is C35H30O2P+. The molecule has 2 aliphatic rings. The van der Waals surface area contributed by atoms with E-state index >= 15 is 0 Å². The van der Waals surface area contributed by atoms with Gasteiger partial charge in [-0.05, 0) is 82.9 Å². The van der Waals surface area contributed by atoms with Crippen LogP contribution in [0.2, 0.25) is 0 Å². The monoisotopic (exact) mass is 513 g/mol. The summed E-state index contributed by atoms with van der Waals surface area (Å²) in [5.74, 6) is 2.05. The Kier molecular flexibility index (Phi) is 5.99. The predicted molar refractivity (Wildman–Crippen MR) is 158 cm³/mol. The van der Waals surface area contributed by atoms with Gasteiger partial charge in [-0.1, -0.05) is 66.7 Å². The van der Waals surface area contributed by atoms with Crippen molar-refractivity contribution < 1.29 is 9.47 Å². The lowest BCUT2D eigenvalue weighted by Gasteiger charge is -2.35. The Morgan fingerprint density at radius 1 is 0.474 bits per heavy atom. The first-order valence-corrected chi connectivity index (χ1v) is 15.3. The lowest BCUT2D eigenvalue weighted by Crippen LogP contribution is -2.35. The van der Waals surface area contributed by atoms with E-state index in [0.29, 0.717) is 0 Å². The molecule has 0 N–H and O–H groups in total. The van der Waals surface area contributed by atoms with E-state index in [1.165, 1.54) is 38.2 Å². The van der Waals surface area contributed by atoms with Gasteiger partial charge < -0.3 is 9.47 Å². The summed E-state index contributed by atoms with van der Waals surface area (Å²) in [6, 6.07) is 47.4. The molecule has 2 heterocycles. The molecule has 7 rings (SSSR count). The highest BCUT2D eigenvalue weighted by Gasteiger charge is 2.54. The lowest BCUT2D eigenvalue weighted by atomic mass is 9.99. The highest BCUT2D eigenvalue weighted by molar-refractivity contribution is 7.96. The van der Waals surface area contributed by atoms with Crippen molar-refractivity contribution in [2.45, 2.75) is 18.5 Å². The molecule has 0 saturated heterocycles. The van der Waals surface area contributed by atoms with E-state index in [4.69, 9.17) is 9.47 Å². The molecule has 0 atom stereocenters. The van der Waals surface area contributed by atoms with E-state index < -0.39 is 7.26 Å². The van der Waals surface area contributed by atoms with E-state index in [1.54, 1.807) is 0 Å². The fourth-order valence-corrected chi connectivity index (χ4v) is 11.2. The van der Waals surface area contributed by atoms with Crippen molar-refractivity contribution in [2.75, 3.05) is 13.2 Å². The molecule has 2 aliphatic heterocycles. The van der Waals surface area contributed by atoms with Crippen LogP contribution < -0.4 is 25.4 Å².